The number of aryl methyl sites for hydroxylation is 1. The van der Waals surface area contributed by atoms with E-state index >= 15 is 0 Å². The molecular weight excluding hydrogens is 289 g/mol. The van der Waals surface area contributed by atoms with E-state index < -0.39 is 0 Å². The van der Waals surface area contributed by atoms with E-state index in [9.17, 15) is 0 Å². The molecular formula is C17H17Cl2N. The smallest absolute Gasteiger partial charge is 0.0493 e. The number of rotatable bonds is 5. The van der Waals surface area contributed by atoms with E-state index in [1.807, 2.05) is 30.4 Å². The van der Waals surface area contributed by atoms with Crippen LogP contribution in [0.25, 0.3) is 12.2 Å². The van der Waals surface area contributed by atoms with Gasteiger partial charge in [-0.15, -0.1) is 0 Å². The van der Waals surface area contributed by atoms with Crippen LogP contribution in [0, 0.1) is 0 Å². The number of nitrogens with two attached hydrogens (primary N) is 1. The fourth-order valence-corrected chi connectivity index (χ4v) is 2.53. The maximum Gasteiger partial charge on any atom is 0.0493 e. The highest BCUT2D eigenvalue weighted by atomic mass is 35.5. The average molecular weight is 306 g/mol. The van der Waals surface area contributed by atoms with Gasteiger partial charge in [0.05, 0.1) is 0 Å². The third kappa shape index (κ3) is 4.11. The van der Waals surface area contributed by atoms with Crippen LogP contribution in [0.4, 0.5) is 0 Å². The zero-order valence-electron chi connectivity index (χ0n) is 11.2. The maximum atomic E-state index is 6.15. The second kappa shape index (κ2) is 7.49. The van der Waals surface area contributed by atoms with Crippen LogP contribution >= 0.6 is 23.2 Å². The predicted molar refractivity (Wildman–Crippen MR) is 89.2 cm³/mol. The van der Waals surface area contributed by atoms with E-state index in [4.69, 9.17) is 28.9 Å². The van der Waals surface area contributed by atoms with E-state index in [1.165, 1.54) is 5.56 Å². The Labute approximate surface area is 130 Å². The van der Waals surface area contributed by atoms with Crippen molar-refractivity contribution in [3.8, 4) is 0 Å². The largest absolute Gasteiger partial charge is 0.330 e. The van der Waals surface area contributed by atoms with E-state index in [0.29, 0.717) is 10.0 Å². The summed E-state index contributed by atoms with van der Waals surface area (Å²) in [5.41, 5.74) is 8.82. The van der Waals surface area contributed by atoms with Gasteiger partial charge in [0.25, 0.3) is 0 Å². The topological polar surface area (TPSA) is 26.0 Å². The van der Waals surface area contributed by atoms with Gasteiger partial charge < -0.3 is 5.73 Å². The highest BCUT2D eigenvalue weighted by Gasteiger charge is 2.01. The van der Waals surface area contributed by atoms with Crippen molar-refractivity contribution < 1.29 is 0 Å². The Morgan fingerprint density at radius 2 is 1.65 bits per heavy atom. The Kier molecular flexibility index (Phi) is 5.66. The summed E-state index contributed by atoms with van der Waals surface area (Å²) in [6.45, 7) is 0.718. The van der Waals surface area contributed by atoms with Crippen molar-refractivity contribution >= 4 is 35.4 Å². The Balaban J connectivity index is 2.19. The molecule has 0 fully saturated rings. The van der Waals surface area contributed by atoms with Crippen LogP contribution in [0.2, 0.25) is 10.0 Å². The molecule has 0 spiro atoms. The molecule has 0 aliphatic rings. The van der Waals surface area contributed by atoms with Crippen LogP contribution in [0.5, 0.6) is 0 Å². The fourth-order valence-electron chi connectivity index (χ4n) is 2.01. The van der Waals surface area contributed by atoms with Gasteiger partial charge in [0, 0.05) is 15.6 Å². The van der Waals surface area contributed by atoms with Crippen LogP contribution in [-0.4, -0.2) is 6.54 Å². The first-order valence-electron chi connectivity index (χ1n) is 6.62. The summed E-state index contributed by atoms with van der Waals surface area (Å²) in [6.07, 6.45) is 5.99. The normalized spacial score (nSPS) is 11.2. The molecule has 20 heavy (non-hydrogen) atoms. The molecule has 2 aromatic carbocycles. The molecule has 1 nitrogen and oxygen atoms in total. The van der Waals surface area contributed by atoms with E-state index in [0.717, 1.165) is 30.5 Å². The Morgan fingerprint density at radius 1 is 0.950 bits per heavy atom. The van der Waals surface area contributed by atoms with Gasteiger partial charge in [-0.2, -0.15) is 0 Å². The maximum absolute atomic E-state index is 6.15. The van der Waals surface area contributed by atoms with Crippen LogP contribution in [0.15, 0.2) is 42.5 Å². The van der Waals surface area contributed by atoms with Crippen molar-refractivity contribution in [1.29, 1.82) is 0 Å². The van der Waals surface area contributed by atoms with Crippen molar-refractivity contribution in [2.75, 3.05) is 6.54 Å². The molecule has 3 heteroatoms. The van der Waals surface area contributed by atoms with E-state index in [2.05, 4.69) is 24.3 Å². The Morgan fingerprint density at radius 3 is 2.35 bits per heavy atom. The lowest BCUT2D eigenvalue weighted by Gasteiger charge is -2.03. The summed E-state index contributed by atoms with van der Waals surface area (Å²) in [5, 5.41) is 1.32. The molecule has 0 aliphatic carbocycles. The summed E-state index contributed by atoms with van der Waals surface area (Å²) < 4.78 is 0. The quantitative estimate of drug-likeness (QED) is 0.768. The molecule has 0 saturated heterocycles. The Bertz CT molecular complexity index is 585. The van der Waals surface area contributed by atoms with Crippen LogP contribution < -0.4 is 5.73 Å². The van der Waals surface area contributed by atoms with Gasteiger partial charge in [-0.25, -0.2) is 0 Å². The van der Waals surface area contributed by atoms with Gasteiger partial charge in [0.15, 0.2) is 0 Å². The molecule has 0 atom stereocenters. The fraction of sp³-hybridized carbons (Fsp3) is 0.176. The molecule has 0 heterocycles. The summed E-state index contributed by atoms with van der Waals surface area (Å²) in [7, 11) is 0. The zero-order chi connectivity index (χ0) is 14.4. The van der Waals surface area contributed by atoms with Gasteiger partial charge in [0.1, 0.15) is 0 Å². The Hall–Kier alpha value is -1.28. The molecule has 0 aliphatic heterocycles. The van der Waals surface area contributed by atoms with Crippen LogP contribution in [0.1, 0.15) is 23.1 Å². The van der Waals surface area contributed by atoms with Crippen LogP contribution in [0.3, 0.4) is 0 Å². The molecule has 104 valence electrons. The van der Waals surface area contributed by atoms with Gasteiger partial charge >= 0.3 is 0 Å². The first-order chi connectivity index (χ1) is 9.70. The zero-order valence-corrected chi connectivity index (χ0v) is 12.7. The lowest BCUT2D eigenvalue weighted by Crippen LogP contribution is -2.00. The van der Waals surface area contributed by atoms with Crippen molar-refractivity contribution in [3.05, 3.63) is 69.2 Å². The summed E-state index contributed by atoms with van der Waals surface area (Å²) in [5.74, 6) is 0. The highest BCUT2D eigenvalue weighted by molar-refractivity contribution is 6.37. The number of benzene rings is 2. The minimum Gasteiger partial charge on any atom is -0.330 e. The molecule has 2 N–H and O–H groups in total. The molecule has 2 rings (SSSR count). The summed E-state index contributed by atoms with van der Waals surface area (Å²) in [4.78, 5) is 0. The van der Waals surface area contributed by atoms with Crippen molar-refractivity contribution in [3.63, 3.8) is 0 Å². The number of hydrogen-bond donors (Lipinski definition) is 1. The average Bonchev–Trinajstić information content (AvgIpc) is 2.45. The van der Waals surface area contributed by atoms with Gasteiger partial charge in [-0.3, -0.25) is 0 Å². The van der Waals surface area contributed by atoms with Gasteiger partial charge in [0.2, 0.25) is 0 Å². The third-order valence-electron chi connectivity index (χ3n) is 3.06. The lowest BCUT2D eigenvalue weighted by atomic mass is 10.1. The molecule has 0 bridgehead atoms. The third-order valence-corrected chi connectivity index (χ3v) is 3.72. The summed E-state index contributed by atoms with van der Waals surface area (Å²) in [6, 6.07) is 13.9. The monoisotopic (exact) mass is 305 g/mol. The van der Waals surface area contributed by atoms with Gasteiger partial charge in [-0.1, -0.05) is 65.7 Å². The molecule has 0 radical (unpaired) electrons. The van der Waals surface area contributed by atoms with Crippen molar-refractivity contribution in [2.24, 2.45) is 5.73 Å². The second-order valence-electron chi connectivity index (χ2n) is 4.61. The molecule has 0 aromatic heterocycles. The molecule has 2 aromatic rings. The van der Waals surface area contributed by atoms with Crippen LogP contribution in [-0.2, 0) is 6.42 Å². The van der Waals surface area contributed by atoms with Crippen molar-refractivity contribution in [1.82, 2.24) is 0 Å². The molecule has 0 unspecified atom stereocenters. The lowest BCUT2D eigenvalue weighted by molar-refractivity contribution is 0.832. The van der Waals surface area contributed by atoms with E-state index in [-0.39, 0.29) is 0 Å². The van der Waals surface area contributed by atoms with Gasteiger partial charge in [-0.05, 0) is 42.6 Å². The first-order valence-corrected chi connectivity index (χ1v) is 7.37. The minimum absolute atomic E-state index is 0.660. The number of halogens is 2. The van der Waals surface area contributed by atoms with E-state index in [1.54, 1.807) is 0 Å². The number of hydrogen-bond acceptors (Lipinski definition) is 1. The van der Waals surface area contributed by atoms with Crippen molar-refractivity contribution in [2.45, 2.75) is 12.8 Å². The minimum atomic E-state index is 0.660. The molecule has 0 saturated carbocycles. The standard InChI is InChI=1S/C17H17Cl2N/c18-16-7-2-8-17(19)15(16)10-9-14-5-1-4-13(12-14)6-3-11-20/h1-2,4-5,7-10,12H,3,6,11,20H2. The SMILES string of the molecule is NCCCc1cccc(C=Cc2c(Cl)cccc2Cl)c1. The predicted octanol–water partition coefficient (Wildman–Crippen LogP) is 5.06. The first kappa shape index (κ1) is 15.1. The highest BCUT2D eigenvalue weighted by Crippen LogP contribution is 2.26. The second-order valence-corrected chi connectivity index (χ2v) is 5.42. The molecule has 0 amide bonds. The summed E-state index contributed by atoms with van der Waals surface area (Å²) >= 11 is 12.3.